The van der Waals surface area contributed by atoms with Crippen LogP contribution in [0.25, 0.3) is 11.5 Å². The SMILES string of the molecule is O=c1[nH]c(-c2ccccn2)nc2c1CCN(Cc1ccc(Cl)nc1Cl)C2. The fourth-order valence-corrected chi connectivity index (χ4v) is 3.46. The summed E-state index contributed by atoms with van der Waals surface area (Å²) in [5.41, 5.74) is 2.96. The molecule has 0 aromatic carbocycles. The lowest BCUT2D eigenvalue weighted by molar-refractivity contribution is 0.240. The Morgan fingerprint density at radius 3 is 2.81 bits per heavy atom. The molecule has 0 amide bonds. The molecule has 26 heavy (non-hydrogen) atoms. The Hall–Kier alpha value is -2.28. The lowest BCUT2D eigenvalue weighted by Gasteiger charge is -2.27. The van der Waals surface area contributed by atoms with Crippen LogP contribution in [0.1, 0.15) is 16.8 Å². The first-order valence-electron chi connectivity index (χ1n) is 8.17. The Morgan fingerprint density at radius 2 is 2.04 bits per heavy atom. The highest BCUT2D eigenvalue weighted by molar-refractivity contribution is 6.32. The highest BCUT2D eigenvalue weighted by Crippen LogP contribution is 2.22. The molecule has 6 nitrogen and oxygen atoms in total. The number of halogens is 2. The molecule has 3 aromatic rings. The van der Waals surface area contributed by atoms with Crippen molar-refractivity contribution < 1.29 is 0 Å². The second kappa shape index (κ2) is 7.15. The van der Waals surface area contributed by atoms with Gasteiger partial charge in [0.2, 0.25) is 0 Å². The first-order chi connectivity index (χ1) is 12.6. The van der Waals surface area contributed by atoms with Crippen LogP contribution < -0.4 is 5.56 Å². The van der Waals surface area contributed by atoms with E-state index in [4.69, 9.17) is 23.2 Å². The number of nitrogens with zero attached hydrogens (tertiary/aromatic N) is 4. The third kappa shape index (κ3) is 3.49. The lowest BCUT2D eigenvalue weighted by atomic mass is 10.1. The largest absolute Gasteiger partial charge is 0.305 e. The van der Waals surface area contributed by atoms with Gasteiger partial charge >= 0.3 is 0 Å². The molecule has 0 spiro atoms. The van der Waals surface area contributed by atoms with Crippen molar-refractivity contribution in [2.24, 2.45) is 0 Å². The number of hydrogen-bond acceptors (Lipinski definition) is 5. The molecule has 0 saturated heterocycles. The number of pyridine rings is 2. The molecule has 0 fully saturated rings. The molecule has 0 atom stereocenters. The summed E-state index contributed by atoms with van der Waals surface area (Å²) in [6, 6.07) is 9.11. The molecule has 1 aliphatic rings. The van der Waals surface area contributed by atoms with Crippen molar-refractivity contribution in [2.45, 2.75) is 19.5 Å². The van der Waals surface area contributed by atoms with Crippen LogP contribution in [-0.2, 0) is 19.5 Å². The second-order valence-corrected chi connectivity index (χ2v) is 6.84. The predicted octanol–water partition coefficient (Wildman–Crippen LogP) is 3.09. The van der Waals surface area contributed by atoms with Gasteiger partial charge in [0, 0.05) is 37.0 Å². The number of nitrogens with one attached hydrogen (secondary N) is 1. The molecule has 0 aliphatic carbocycles. The lowest BCUT2D eigenvalue weighted by Crippen LogP contribution is -2.35. The summed E-state index contributed by atoms with van der Waals surface area (Å²) in [6.07, 6.45) is 2.31. The van der Waals surface area contributed by atoms with Gasteiger partial charge in [-0.1, -0.05) is 35.3 Å². The number of aromatic nitrogens is 4. The quantitative estimate of drug-likeness (QED) is 0.698. The average Bonchev–Trinajstić information content (AvgIpc) is 2.64. The van der Waals surface area contributed by atoms with Gasteiger partial charge in [-0.05, 0) is 24.6 Å². The minimum Gasteiger partial charge on any atom is -0.305 e. The van der Waals surface area contributed by atoms with E-state index in [2.05, 4.69) is 24.8 Å². The zero-order valence-corrected chi connectivity index (χ0v) is 15.3. The van der Waals surface area contributed by atoms with Gasteiger partial charge in [0.05, 0.1) is 5.69 Å². The molecular weight excluding hydrogens is 373 g/mol. The maximum atomic E-state index is 12.4. The van der Waals surface area contributed by atoms with E-state index in [1.165, 1.54) is 0 Å². The van der Waals surface area contributed by atoms with Gasteiger partial charge in [0.1, 0.15) is 16.0 Å². The molecule has 8 heteroatoms. The highest BCUT2D eigenvalue weighted by atomic mass is 35.5. The molecular formula is C18H15Cl2N5O. The minimum atomic E-state index is -0.0958. The van der Waals surface area contributed by atoms with Gasteiger partial charge in [-0.15, -0.1) is 0 Å². The molecule has 1 aliphatic heterocycles. The summed E-state index contributed by atoms with van der Waals surface area (Å²) in [4.78, 5) is 30.4. The predicted molar refractivity (Wildman–Crippen MR) is 100 cm³/mol. The first kappa shape index (κ1) is 17.1. The Bertz CT molecular complexity index is 1010. The van der Waals surface area contributed by atoms with Gasteiger partial charge in [-0.2, -0.15) is 0 Å². The summed E-state index contributed by atoms with van der Waals surface area (Å²) in [7, 11) is 0. The normalized spacial score (nSPS) is 14.2. The van der Waals surface area contributed by atoms with Crippen LogP contribution in [0.4, 0.5) is 0 Å². The zero-order valence-electron chi connectivity index (χ0n) is 13.7. The molecule has 0 unspecified atom stereocenters. The topological polar surface area (TPSA) is 74.8 Å². The number of H-pyrrole nitrogens is 1. The second-order valence-electron chi connectivity index (χ2n) is 6.10. The molecule has 0 saturated carbocycles. The fourth-order valence-electron chi connectivity index (χ4n) is 3.05. The van der Waals surface area contributed by atoms with E-state index in [0.29, 0.717) is 41.3 Å². The third-order valence-corrected chi connectivity index (χ3v) is 4.88. The van der Waals surface area contributed by atoms with Crippen LogP contribution in [0.5, 0.6) is 0 Å². The van der Waals surface area contributed by atoms with Gasteiger partial charge in [0.25, 0.3) is 5.56 Å². The summed E-state index contributed by atoms with van der Waals surface area (Å²) in [6.45, 7) is 1.94. The van der Waals surface area contributed by atoms with E-state index < -0.39 is 0 Å². The molecule has 1 N–H and O–H groups in total. The Balaban J connectivity index is 1.61. The molecule has 0 bridgehead atoms. The van der Waals surface area contributed by atoms with E-state index in [-0.39, 0.29) is 5.56 Å². The van der Waals surface area contributed by atoms with Crippen molar-refractivity contribution in [3.05, 3.63) is 74.0 Å². The van der Waals surface area contributed by atoms with E-state index in [1.807, 2.05) is 24.3 Å². The maximum absolute atomic E-state index is 12.4. The maximum Gasteiger partial charge on any atom is 0.254 e. The molecule has 4 heterocycles. The average molecular weight is 388 g/mol. The molecule has 3 aromatic heterocycles. The van der Waals surface area contributed by atoms with Crippen LogP contribution in [0.3, 0.4) is 0 Å². The summed E-state index contributed by atoms with van der Waals surface area (Å²) in [5.74, 6) is 0.488. The van der Waals surface area contributed by atoms with Crippen molar-refractivity contribution in [1.82, 2.24) is 24.8 Å². The van der Waals surface area contributed by atoms with Crippen molar-refractivity contribution >= 4 is 23.2 Å². The van der Waals surface area contributed by atoms with E-state index in [9.17, 15) is 4.79 Å². The molecule has 0 radical (unpaired) electrons. The van der Waals surface area contributed by atoms with Crippen molar-refractivity contribution in [1.29, 1.82) is 0 Å². The first-order valence-corrected chi connectivity index (χ1v) is 8.92. The Labute approximate surface area is 159 Å². The van der Waals surface area contributed by atoms with Gasteiger partial charge in [-0.3, -0.25) is 14.7 Å². The van der Waals surface area contributed by atoms with Crippen LogP contribution in [0.2, 0.25) is 10.3 Å². The third-order valence-electron chi connectivity index (χ3n) is 4.35. The van der Waals surface area contributed by atoms with E-state index in [1.54, 1.807) is 12.3 Å². The van der Waals surface area contributed by atoms with Crippen molar-refractivity contribution in [3.8, 4) is 11.5 Å². The van der Waals surface area contributed by atoms with Crippen molar-refractivity contribution in [3.63, 3.8) is 0 Å². The number of rotatable bonds is 3. The Kier molecular flexibility index (Phi) is 4.72. The summed E-state index contributed by atoms with van der Waals surface area (Å²) >= 11 is 12.0. The standard InChI is InChI=1S/C18H15Cl2N5O/c19-15-5-4-11(16(20)23-15)9-25-8-6-12-14(10-25)22-17(24-18(12)26)13-3-1-2-7-21-13/h1-5,7H,6,8-10H2,(H,22,24,26). The number of hydrogen-bond donors (Lipinski definition) is 1. The van der Waals surface area contributed by atoms with Gasteiger partial charge in [-0.25, -0.2) is 9.97 Å². The highest BCUT2D eigenvalue weighted by Gasteiger charge is 2.22. The zero-order chi connectivity index (χ0) is 18.1. The van der Waals surface area contributed by atoms with Crippen molar-refractivity contribution in [2.75, 3.05) is 6.54 Å². The molecule has 4 rings (SSSR count). The summed E-state index contributed by atoms with van der Waals surface area (Å²) in [5, 5.41) is 0.771. The van der Waals surface area contributed by atoms with Gasteiger partial charge < -0.3 is 4.98 Å². The minimum absolute atomic E-state index is 0.0958. The van der Waals surface area contributed by atoms with E-state index >= 15 is 0 Å². The number of fused-ring (bicyclic) bond motifs is 1. The van der Waals surface area contributed by atoms with Gasteiger partial charge in [0.15, 0.2) is 5.82 Å². The summed E-state index contributed by atoms with van der Waals surface area (Å²) < 4.78 is 0. The van der Waals surface area contributed by atoms with E-state index in [0.717, 1.165) is 23.4 Å². The Morgan fingerprint density at radius 1 is 1.15 bits per heavy atom. The number of aromatic amines is 1. The van der Waals surface area contributed by atoms with Crippen LogP contribution in [0.15, 0.2) is 41.3 Å². The monoisotopic (exact) mass is 387 g/mol. The smallest absolute Gasteiger partial charge is 0.254 e. The van der Waals surface area contributed by atoms with Crippen LogP contribution in [0, 0.1) is 0 Å². The fraction of sp³-hybridized carbons (Fsp3) is 0.222. The molecule has 132 valence electrons. The van der Waals surface area contributed by atoms with Crippen LogP contribution >= 0.6 is 23.2 Å². The van der Waals surface area contributed by atoms with Crippen LogP contribution in [-0.4, -0.2) is 31.4 Å².